The predicted molar refractivity (Wildman–Crippen MR) is 96.0 cm³/mol. The van der Waals surface area contributed by atoms with Crippen LogP contribution < -0.4 is 5.32 Å². The van der Waals surface area contributed by atoms with Gasteiger partial charge in [0.15, 0.2) is 0 Å². The third-order valence-electron chi connectivity index (χ3n) is 4.36. The fraction of sp³-hybridized carbons (Fsp3) is 0.300. The van der Waals surface area contributed by atoms with Crippen molar-refractivity contribution in [1.29, 1.82) is 0 Å². The molecule has 1 atom stereocenters. The molecule has 0 spiro atoms. The van der Waals surface area contributed by atoms with Gasteiger partial charge in [-0.15, -0.1) is 0 Å². The lowest BCUT2D eigenvalue weighted by Gasteiger charge is -2.35. The van der Waals surface area contributed by atoms with Gasteiger partial charge in [0, 0.05) is 11.6 Å². The average molecular weight is 380 g/mol. The van der Waals surface area contributed by atoms with Crippen LogP contribution >= 0.6 is 11.6 Å². The van der Waals surface area contributed by atoms with E-state index in [4.69, 9.17) is 11.6 Å². The first kappa shape index (κ1) is 18.8. The summed E-state index contributed by atoms with van der Waals surface area (Å²) in [5, 5.41) is 2.40. The minimum absolute atomic E-state index is 0.262. The maximum atomic E-state index is 13.1. The maximum absolute atomic E-state index is 13.1. The van der Waals surface area contributed by atoms with Gasteiger partial charge in [0.2, 0.25) is 5.91 Å². The van der Waals surface area contributed by atoms with E-state index in [2.05, 4.69) is 11.7 Å². The third kappa shape index (κ3) is 3.58. The molecule has 0 bridgehead atoms. The Bertz CT molecular complexity index is 868. The highest BCUT2D eigenvalue weighted by molar-refractivity contribution is 6.31. The van der Waals surface area contributed by atoms with Crippen molar-refractivity contribution in [3.05, 3.63) is 59.0 Å². The molecule has 1 aliphatic heterocycles. The lowest BCUT2D eigenvalue weighted by molar-refractivity contribution is -0.137. The van der Waals surface area contributed by atoms with Crippen molar-refractivity contribution in [2.24, 2.45) is 5.41 Å². The lowest BCUT2D eigenvalue weighted by Crippen LogP contribution is -2.30. The minimum Gasteiger partial charge on any atom is -0.325 e. The SMILES string of the molecule is CC(C)(C)C1[C]C(=O)Nc2ccc(-c3ccc(Cl)c(C(F)(F)F)c3)cc21. The number of halogens is 4. The Morgan fingerprint density at radius 2 is 1.65 bits per heavy atom. The number of hydrogen-bond acceptors (Lipinski definition) is 1. The van der Waals surface area contributed by atoms with Crippen molar-refractivity contribution >= 4 is 23.2 Å². The zero-order chi connectivity index (χ0) is 19.3. The number of rotatable bonds is 1. The van der Waals surface area contributed by atoms with Gasteiger partial charge in [-0.25, -0.2) is 0 Å². The van der Waals surface area contributed by atoms with Gasteiger partial charge in [0.1, 0.15) is 0 Å². The molecule has 0 saturated heterocycles. The highest BCUT2D eigenvalue weighted by Crippen LogP contribution is 2.45. The number of alkyl halides is 3. The molecule has 0 fully saturated rings. The summed E-state index contributed by atoms with van der Waals surface area (Å²) in [5.41, 5.74) is 1.39. The van der Waals surface area contributed by atoms with Crippen LogP contribution in [0.25, 0.3) is 11.1 Å². The molecule has 26 heavy (non-hydrogen) atoms. The fourth-order valence-corrected chi connectivity index (χ4v) is 3.29. The van der Waals surface area contributed by atoms with Crippen molar-refractivity contribution in [3.8, 4) is 11.1 Å². The van der Waals surface area contributed by atoms with Crippen molar-refractivity contribution in [2.75, 3.05) is 5.32 Å². The van der Waals surface area contributed by atoms with E-state index in [0.29, 0.717) is 16.8 Å². The zero-order valence-electron chi connectivity index (χ0n) is 14.5. The number of anilines is 1. The Kier molecular flexibility index (Phi) is 4.55. The molecule has 2 radical (unpaired) electrons. The molecule has 1 unspecified atom stereocenters. The summed E-state index contributed by atoms with van der Waals surface area (Å²) in [6, 6.07) is 9.06. The Hall–Kier alpha value is -2.01. The second kappa shape index (κ2) is 6.31. The van der Waals surface area contributed by atoms with Gasteiger partial charge in [-0.2, -0.15) is 13.2 Å². The quantitative estimate of drug-likeness (QED) is 0.629. The van der Waals surface area contributed by atoms with E-state index in [1.165, 1.54) is 6.07 Å². The molecule has 2 aromatic rings. The van der Waals surface area contributed by atoms with Crippen LogP contribution in [0.5, 0.6) is 0 Å². The standard InChI is InChI=1S/C20H17ClF3NO/c1-19(2,3)14-10-18(26)25-17-7-5-11(8-13(14)17)12-4-6-16(21)15(9-12)20(22,23)24/h4-9,14H,1-3H3,(H,25,26). The summed E-state index contributed by atoms with van der Waals surface area (Å²) in [5.74, 6) is -0.559. The minimum atomic E-state index is -4.52. The van der Waals surface area contributed by atoms with Gasteiger partial charge in [0.25, 0.3) is 0 Å². The van der Waals surface area contributed by atoms with Crippen LogP contribution in [0.15, 0.2) is 36.4 Å². The highest BCUT2D eigenvalue weighted by atomic mass is 35.5. The molecule has 136 valence electrons. The number of fused-ring (bicyclic) bond motifs is 1. The number of hydrogen-bond donors (Lipinski definition) is 1. The second-order valence-corrected chi connectivity index (χ2v) is 7.80. The number of carbonyl (C=O) groups excluding carboxylic acids is 1. The largest absolute Gasteiger partial charge is 0.417 e. The molecular formula is C20H17ClF3NO. The van der Waals surface area contributed by atoms with Crippen molar-refractivity contribution < 1.29 is 18.0 Å². The number of benzene rings is 2. The molecular weight excluding hydrogens is 363 g/mol. The molecule has 0 saturated carbocycles. The van der Waals surface area contributed by atoms with E-state index in [9.17, 15) is 18.0 Å². The Labute approximate surface area is 155 Å². The zero-order valence-corrected chi connectivity index (χ0v) is 15.2. The van der Waals surface area contributed by atoms with Gasteiger partial charge in [-0.1, -0.05) is 44.5 Å². The van der Waals surface area contributed by atoms with Crippen LogP contribution in [0.2, 0.25) is 5.02 Å². The van der Waals surface area contributed by atoms with Crippen molar-refractivity contribution in [2.45, 2.75) is 32.9 Å². The Morgan fingerprint density at radius 1 is 1.04 bits per heavy atom. The Morgan fingerprint density at radius 3 is 2.27 bits per heavy atom. The van der Waals surface area contributed by atoms with Crippen molar-refractivity contribution in [3.63, 3.8) is 0 Å². The highest BCUT2D eigenvalue weighted by Gasteiger charge is 2.36. The van der Waals surface area contributed by atoms with Crippen LogP contribution in [0.4, 0.5) is 18.9 Å². The lowest BCUT2D eigenvalue weighted by atomic mass is 9.72. The molecule has 3 rings (SSSR count). The second-order valence-electron chi connectivity index (χ2n) is 7.39. The number of amides is 1. The summed E-state index contributed by atoms with van der Waals surface area (Å²) >= 11 is 5.71. The van der Waals surface area contributed by atoms with Gasteiger partial charge < -0.3 is 5.32 Å². The van der Waals surface area contributed by atoms with Crippen LogP contribution in [-0.4, -0.2) is 5.91 Å². The normalized spacial score (nSPS) is 17.7. The summed E-state index contributed by atoms with van der Waals surface area (Å²) in [6.45, 7) is 5.97. The molecule has 0 aromatic heterocycles. The van der Waals surface area contributed by atoms with Crippen LogP contribution in [0.1, 0.15) is 37.8 Å². The molecule has 0 aliphatic carbocycles. The smallest absolute Gasteiger partial charge is 0.325 e. The molecule has 1 heterocycles. The first-order valence-corrected chi connectivity index (χ1v) is 8.43. The van der Waals surface area contributed by atoms with E-state index < -0.39 is 11.7 Å². The van der Waals surface area contributed by atoms with Gasteiger partial charge in [-0.3, -0.25) is 4.79 Å². The summed E-state index contributed by atoms with van der Waals surface area (Å²) < 4.78 is 39.4. The Balaban J connectivity index is 2.11. The van der Waals surface area contributed by atoms with E-state index in [-0.39, 0.29) is 22.3 Å². The van der Waals surface area contributed by atoms with E-state index in [1.807, 2.05) is 20.8 Å². The molecule has 1 aliphatic rings. The monoisotopic (exact) mass is 379 g/mol. The molecule has 6 heteroatoms. The molecule has 2 nitrogen and oxygen atoms in total. The molecule has 1 N–H and O–H groups in total. The molecule has 1 amide bonds. The van der Waals surface area contributed by atoms with Crippen LogP contribution in [0.3, 0.4) is 0 Å². The third-order valence-corrected chi connectivity index (χ3v) is 4.69. The van der Waals surface area contributed by atoms with Crippen LogP contribution in [-0.2, 0) is 11.0 Å². The first-order valence-electron chi connectivity index (χ1n) is 8.05. The fourth-order valence-electron chi connectivity index (χ4n) is 3.07. The topological polar surface area (TPSA) is 29.1 Å². The van der Waals surface area contributed by atoms with E-state index >= 15 is 0 Å². The summed E-state index contributed by atoms with van der Waals surface area (Å²) in [7, 11) is 0. The maximum Gasteiger partial charge on any atom is 0.417 e. The van der Waals surface area contributed by atoms with E-state index in [1.54, 1.807) is 24.3 Å². The molecule has 2 aromatic carbocycles. The van der Waals surface area contributed by atoms with Gasteiger partial charge in [-0.05, 0) is 46.4 Å². The van der Waals surface area contributed by atoms with Crippen LogP contribution in [0, 0.1) is 11.8 Å². The summed E-state index contributed by atoms with van der Waals surface area (Å²) in [6.07, 6.45) is -1.64. The average Bonchev–Trinajstić information content (AvgIpc) is 2.52. The summed E-state index contributed by atoms with van der Waals surface area (Å²) in [4.78, 5) is 11.9. The van der Waals surface area contributed by atoms with Crippen molar-refractivity contribution in [1.82, 2.24) is 0 Å². The first-order chi connectivity index (χ1) is 12.0. The van der Waals surface area contributed by atoms with Gasteiger partial charge >= 0.3 is 6.18 Å². The van der Waals surface area contributed by atoms with Gasteiger partial charge in [0.05, 0.1) is 17.0 Å². The predicted octanol–water partition coefficient (Wildman–Crippen LogP) is 6.19. The number of carbonyl (C=O) groups is 1. The van der Waals surface area contributed by atoms with E-state index in [0.717, 1.165) is 11.6 Å². The number of nitrogens with one attached hydrogen (secondary N) is 1.